The van der Waals surface area contributed by atoms with Crippen molar-refractivity contribution in [1.82, 2.24) is 15.0 Å². The molecule has 0 fully saturated rings. The minimum Gasteiger partial charge on any atom is -0.322 e. The quantitative estimate of drug-likeness (QED) is 0.448. The predicted molar refractivity (Wildman–Crippen MR) is 123 cm³/mol. The molecule has 0 saturated heterocycles. The van der Waals surface area contributed by atoms with E-state index in [1.165, 1.54) is 22.1 Å². The van der Waals surface area contributed by atoms with E-state index in [4.69, 9.17) is 0 Å². The zero-order chi connectivity index (χ0) is 20.9. The van der Waals surface area contributed by atoms with E-state index in [0.29, 0.717) is 11.3 Å². The zero-order valence-corrected chi connectivity index (χ0v) is 17.1. The smallest absolute Gasteiger partial charge is 0.256 e. The van der Waals surface area contributed by atoms with E-state index in [2.05, 4.69) is 27.6 Å². The van der Waals surface area contributed by atoms with Gasteiger partial charge in [-0.2, -0.15) is 4.80 Å². The monoisotopic (exact) mass is 404 g/mol. The number of fused-ring (bicyclic) bond motifs is 1. The maximum absolute atomic E-state index is 13.1. The van der Waals surface area contributed by atoms with Crippen molar-refractivity contribution < 1.29 is 4.79 Å². The molecule has 0 atom stereocenters. The summed E-state index contributed by atoms with van der Waals surface area (Å²) in [4.78, 5) is 14.7. The Morgan fingerprint density at radius 1 is 0.871 bits per heavy atom. The average molecular weight is 404 g/mol. The Labute approximate surface area is 179 Å². The number of aryl methyl sites for hydroxylation is 3. The summed E-state index contributed by atoms with van der Waals surface area (Å²) in [7, 11) is 0. The first kappa shape index (κ1) is 17.8. The highest BCUT2D eigenvalue weighted by atomic mass is 16.1. The van der Waals surface area contributed by atoms with Crippen molar-refractivity contribution in [3.63, 3.8) is 0 Å². The van der Waals surface area contributed by atoms with Gasteiger partial charge in [0, 0.05) is 11.3 Å². The molecule has 1 aromatic heterocycles. The number of benzene rings is 4. The van der Waals surface area contributed by atoms with Gasteiger partial charge in [0.2, 0.25) is 0 Å². The van der Waals surface area contributed by atoms with Gasteiger partial charge in [0.15, 0.2) is 0 Å². The molecule has 0 radical (unpaired) electrons. The Balaban J connectivity index is 1.33. The third-order valence-corrected chi connectivity index (χ3v) is 6.02. The van der Waals surface area contributed by atoms with Crippen LogP contribution in [-0.2, 0) is 12.8 Å². The molecule has 5 aromatic rings. The van der Waals surface area contributed by atoms with Crippen LogP contribution in [0.15, 0.2) is 72.8 Å². The maximum Gasteiger partial charge on any atom is 0.256 e. The van der Waals surface area contributed by atoms with Crippen LogP contribution in [-0.4, -0.2) is 20.9 Å². The van der Waals surface area contributed by atoms with Gasteiger partial charge in [0.25, 0.3) is 5.91 Å². The zero-order valence-electron chi connectivity index (χ0n) is 17.1. The van der Waals surface area contributed by atoms with Crippen LogP contribution in [0.5, 0.6) is 0 Å². The highest BCUT2D eigenvalue weighted by Crippen LogP contribution is 2.33. The Hall–Kier alpha value is -3.99. The van der Waals surface area contributed by atoms with Crippen molar-refractivity contribution in [2.24, 2.45) is 0 Å². The van der Waals surface area contributed by atoms with Crippen LogP contribution >= 0.6 is 0 Å². The molecule has 150 valence electrons. The molecule has 6 rings (SSSR count). The van der Waals surface area contributed by atoms with Crippen molar-refractivity contribution in [3.8, 4) is 5.69 Å². The Kier molecular flexibility index (Phi) is 3.90. The first-order valence-electron chi connectivity index (χ1n) is 10.4. The summed E-state index contributed by atoms with van der Waals surface area (Å²) in [6, 6.07) is 23.9. The van der Waals surface area contributed by atoms with Gasteiger partial charge in [-0.3, -0.25) is 4.79 Å². The topological polar surface area (TPSA) is 59.8 Å². The van der Waals surface area contributed by atoms with Gasteiger partial charge in [-0.1, -0.05) is 42.0 Å². The number of hydrogen-bond acceptors (Lipinski definition) is 3. The predicted octanol–water partition coefficient (Wildman–Crippen LogP) is 5.23. The van der Waals surface area contributed by atoms with E-state index < -0.39 is 0 Å². The first-order valence-corrected chi connectivity index (χ1v) is 10.4. The molecule has 1 N–H and O–H groups in total. The summed E-state index contributed by atoms with van der Waals surface area (Å²) in [5, 5.41) is 14.4. The van der Waals surface area contributed by atoms with Crippen LogP contribution in [0.25, 0.3) is 27.5 Å². The van der Waals surface area contributed by atoms with Gasteiger partial charge in [-0.15, -0.1) is 10.2 Å². The van der Waals surface area contributed by atoms with Crippen LogP contribution in [0.1, 0.15) is 27.0 Å². The molecule has 1 aliphatic rings. The van der Waals surface area contributed by atoms with Crippen molar-refractivity contribution in [2.75, 3.05) is 5.32 Å². The average Bonchev–Trinajstić information content (AvgIpc) is 3.40. The molecule has 0 unspecified atom stereocenters. The maximum atomic E-state index is 13.1. The van der Waals surface area contributed by atoms with Gasteiger partial charge in [0.05, 0.1) is 5.69 Å². The van der Waals surface area contributed by atoms with Crippen molar-refractivity contribution in [3.05, 3.63) is 95.1 Å². The van der Waals surface area contributed by atoms with Crippen LogP contribution in [0, 0.1) is 6.92 Å². The molecule has 0 spiro atoms. The lowest BCUT2D eigenvalue weighted by atomic mass is 9.99. The van der Waals surface area contributed by atoms with Gasteiger partial charge in [-0.25, -0.2) is 0 Å². The highest BCUT2D eigenvalue weighted by molar-refractivity contribution is 6.14. The number of hydrogen-bond donors (Lipinski definition) is 1. The Bertz CT molecular complexity index is 1470. The second-order valence-corrected chi connectivity index (χ2v) is 8.09. The van der Waals surface area contributed by atoms with Crippen molar-refractivity contribution in [2.45, 2.75) is 19.8 Å². The van der Waals surface area contributed by atoms with Crippen LogP contribution in [0.2, 0.25) is 0 Å². The molecular formula is C26H20N4O. The molecule has 1 aliphatic carbocycles. The van der Waals surface area contributed by atoms with E-state index in [1.807, 2.05) is 67.6 Å². The number of carbonyl (C=O) groups excluding carboxylic acids is 1. The summed E-state index contributed by atoms with van der Waals surface area (Å²) in [6.45, 7) is 2.05. The fourth-order valence-corrected chi connectivity index (χ4v) is 4.43. The number of nitrogens with one attached hydrogen (secondary N) is 1. The molecule has 1 heterocycles. The van der Waals surface area contributed by atoms with Gasteiger partial charge in [0.1, 0.15) is 11.0 Å². The SMILES string of the molecule is Cc1ccc(-n2nc3ccc(NC(=O)c4ccc5c6c(cccc46)CC5)cc3n2)cc1. The van der Waals surface area contributed by atoms with Crippen molar-refractivity contribution >= 4 is 33.4 Å². The normalized spacial score (nSPS) is 12.5. The Morgan fingerprint density at radius 3 is 2.48 bits per heavy atom. The molecule has 0 saturated carbocycles. The van der Waals surface area contributed by atoms with Crippen LogP contribution in [0.3, 0.4) is 0 Å². The molecule has 5 heteroatoms. The number of amides is 1. The number of nitrogens with zero attached hydrogens (tertiary/aromatic N) is 3. The number of anilines is 1. The summed E-state index contributed by atoms with van der Waals surface area (Å²) < 4.78 is 0. The minimum atomic E-state index is -0.110. The number of rotatable bonds is 3. The molecule has 4 aromatic carbocycles. The lowest BCUT2D eigenvalue weighted by Gasteiger charge is -2.10. The molecule has 31 heavy (non-hydrogen) atoms. The molecule has 0 bridgehead atoms. The fraction of sp³-hybridized carbons (Fsp3) is 0.115. The summed E-state index contributed by atoms with van der Waals surface area (Å²) in [5.41, 5.74) is 7.67. The molecule has 1 amide bonds. The fourth-order valence-electron chi connectivity index (χ4n) is 4.43. The lowest BCUT2D eigenvalue weighted by Crippen LogP contribution is -2.12. The van der Waals surface area contributed by atoms with Gasteiger partial charge >= 0.3 is 0 Å². The number of aromatic nitrogens is 3. The van der Waals surface area contributed by atoms with E-state index in [-0.39, 0.29) is 5.91 Å². The summed E-state index contributed by atoms with van der Waals surface area (Å²) in [5.74, 6) is -0.110. The molecular weight excluding hydrogens is 384 g/mol. The highest BCUT2D eigenvalue weighted by Gasteiger charge is 2.19. The minimum absolute atomic E-state index is 0.110. The van der Waals surface area contributed by atoms with Gasteiger partial charge in [-0.05, 0) is 78.1 Å². The van der Waals surface area contributed by atoms with Crippen LogP contribution in [0.4, 0.5) is 5.69 Å². The van der Waals surface area contributed by atoms with E-state index in [0.717, 1.165) is 34.9 Å². The first-order chi connectivity index (χ1) is 15.2. The standard InChI is InChI=1S/C26H20N4O/c1-16-5-11-20(12-6-16)30-28-23-14-10-19(15-24(23)29-30)27-26(31)22-13-9-18-8-7-17-3-2-4-21(22)25(17)18/h2-6,9-15H,7-8H2,1H3,(H,27,31). The third-order valence-electron chi connectivity index (χ3n) is 6.02. The Morgan fingerprint density at radius 2 is 1.65 bits per heavy atom. The van der Waals surface area contributed by atoms with Crippen molar-refractivity contribution in [1.29, 1.82) is 0 Å². The summed E-state index contributed by atoms with van der Waals surface area (Å²) in [6.07, 6.45) is 2.09. The number of carbonyl (C=O) groups is 1. The van der Waals surface area contributed by atoms with E-state index >= 15 is 0 Å². The second kappa shape index (κ2) is 6.77. The molecule has 0 aliphatic heterocycles. The largest absolute Gasteiger partial charge is 0.322 e. The second-order valence-electron chi connectivity index (χ2n) is 8.09. The van der Waals surface area contributed by atoms with E-state index in [9.17, 15) is 4.79 Å². The van der Waals surface area contributed by atoms with Gasteiger partial charge < -0.3 is 5.32 Å². The summed E-state index contributed by atoms with van der Waals surface area (Å²) >= 11 is 0. The van der Waals surface area contributed by atoms with Crippen LogP contribution < -0.4 is 5.32 Å². The molecule has 5 nitrogen and oxygen atoms in total. The van der Waals surface area contributed by atoms with E-state index in [1.54, 1.807) is 4.80 Å². The lowest BCUT2D eigenvalue weighted by molar-refractivity contribution is 0.102. The third kappa shape index (κ3) is 2.97.